The smallest absolute Gasteiger partial charge is 0.161 e. The van der Waals surface area contributed by atoms with Gasteiger partial charge in [-0.2, -0.15) is 29.8 Å². The van der Waals surface area contributed by atoms with Crippen molar-refractivity contribution in [2.24, 2.45) is 7.05 Å². The van der Waals surface area contributed by atoms with E-state index in [0.717, 1.165) is 22.4 Å². The Kier molecular flexibility index (Phi) is 6.92. The van der Waals surface area contributed by atoms with Crippen LogP contribution in [0.15, 0.2) is 72.9 Å². The second-order valence-corrected chi connectivity index (χ2v) is 6.10. The van der Waals surface area contributed by atoms with Gasteiger partial charge in [0.1, 0.15) is 12.7 Å². The van der Waals surface area contributed by atoms with Crippen molar-refractivity contribution in [3.63, 3.8) is 0 Å². The standard InChI is InChI=1S/C23H18N.B.Y/c1-17-10-11-21(16-22(17)23-9-5-6-14-24(23)2)20-13-12-18-7-3-4-8-19(18)15-20;;/h3-12,14-15H,1-2H3;;/q-1;;. The first kappa shape index (κ1) is 20.5. The van der Waals surface area contributed by atoms with Crippen molar-refractivity contribution in [2.75, 3.05) is 0 Å². The van der Waals surface area contributed by atoms with Gasteiger partial charge in [0.15, 0.2) is 6.20 Å². The Hall–Kier alpha value is -1.76. The minimum Gasteiger partial charge on any atom is -0.234 e. The van der Waals surface area contributed by atoms with Gasteiger partial charge in [0.05, 0.1) is 0 Å². The molecule has 3 heteroatoms. The van der Waals surface area contributed by atoms with Crippen molar-refractivity contribution >= 4 is 19.2 Å². The summed E-state index contributed by atoms with van der Waals surface area (Å²) in [6.45, 7) is 2.13. The third-order valence-electron chi connectivity index (χ3n) is 4.43. The second-order valence-electron chi connectivity index (χ2n) is 6.10. The van der Waals surface area contributed by atoms with Crippen LogP contribution in [0.3, 0.4) is 0 Å². The molecule has 0 N–H and O–H groups in total. The summed E-state index contributed by atoms with van der Waals surface area (Å²) in [7, 11) is 2.07. The predicted molar refractivity (Wildman–Crippen MR) is 104 cm³/mol. The van der Waals surface area contributed by atoms with Gasteiger partial charge in [0, 0.05) is 47.2 Å². The average Bonchev–Trinajstić information content (AvgIpc) is 2.62. The van der Waals surface area contributed by atoms with E-state index < -0.39 is 0 Å². The summed E-state index contributed by atoms with van der Waals surface area (Å²) in [6.07, 6.45) is 2.07. The van der Waals surface area contributed by atoms with Gasteiger partial charge in [-0.3, -0.25) is 0 Å². The summed E-state index contributed by atoms with van der Waals surface area (Å²) >= 11 is 0. The molecule has 0 aliphatic carbocycles. The van der Waals surface area contributed by atoms with Crippen LogP contribution < -0.4 is 4.57 Å². The number of aromatic nitrogens is 1. The number of fused-ring (bicyclic) bond motifs is 1. The summed E-state index contributed by atoms with van der Waals surface area (Å²) in [6, 6.07) is 30.2. The number of pyridine rings is 1. The van der Waals surface area contributed by atoms with Crippen LogP contribution in [0.5, 0.6) is 0 Å². The van der Waals surface area contributed by atoms with Crippen molar-refractivity contribution in [1.29, 1.82) is 0 Å². The molecule has 0 aliphatic heterocycles. The maximum atomic E-state index is 3.60. The van der Waals surface area contributed by atoms with Crippen LogP contribution in [0, 0.1) is 19.1 Å². The topological polar surface area (TPSA) is 3.88 Å². The zero-order valence-corrected chi connectivity index (χ0v) is 17.9. The first-order valence-electron chi connectivity index (χ1n) is 8.11. The fraction of sp³-hybridized carbons (Fsp3) is 0.0870. The van der Waals surface area contributed by atoms with Crippen molar-refractivity contribution in [3.05, 3.63) is 90.6 Å². The second kappa shape index (κ2) is 8.75. The van der Waals surface area contributed by atoms with Gasteiger partial charge in [-0.25, -0.2) is 10.1 Å². The van der Waals surface area contributed by atoms with E-state index in [-0.39, 0.29) is 41.1 Å². The number of hydrogen-bond acceptors (Lipinski definition) is 0. The SMILES string of the molecule is Cc1ccc(-c2[c-]cc3ccccc3c2)[c-]c1-c1cccc[n+]1C.[B].[Y]. The Morgan fingerprint density at radius 2 is 1.58 bits per heavy atom. The fourth-order valence-corrected chi connectivity index (χ4v) is 3.05. The van der Waals surface area contributed by atoms with E-state index in [2.05, 4.69) is 97.5 Å². The molecule has 26 heavy (non-hydrogen) atoms. The molecule has 3 aromatic carbocycles. The third-order valence-corrected chi connectivity index (χ3v) is 4.43. The van der Waals surface area contributed by atoms with Crippen LogP contribution in [0.1, 0.15) is 5.56 Å². The van der Waals surface area contributed by atoms with Gasteiger partial charge >= 0.3 is 0 Å². The largest absolute Gasteiger partial charge is 0.234 e. The van der Waals surface area contributed by atoms with Crippen molar-refractivity contribution in [3.8, 4) is 22.4 Å². The van der Waals surface area contributed by atoms with Gasteiger partial charge in [0.25, 0.3) is 0 Å². The molecule has 0 fully saturated rings. The summed E-state index contributed by atoms with van der Waals surface area (Å²) in [5.74, 6) is 0. The molecule has 0 atom stereocenters. The maximum absolute atomic E-state index is 3.60. The minimum absolute atomic E-state index is 0. The molecule has 0 spiro atoms. The molecule has 4 radical (unpaired) electrons. The Morgan fingerprint density at radius 3 is 2.35 bits per heavy atom. The molecule has 0 amide bonds. The van der Waals surface area contributed by atoms with Crippen molar-refractivity contribution in [1.82, 2.24) is 0 Å². The Balaban J connectivity index is 0.00000121. The van der Waals surface area contributed by atoms with Crippen molar-refractivity contribution < 1.29 is 37.3 Å². The first-order valence-corrected chi connectivity index (χ1v) is 8.11. The molecular weight excluding hydrogens is 390 g/mol. The number of nitrogens with zero attached hydrogens (tertiary/aromatic N) is 1. The first-order chi connectivity index (χ1) is 11.7. The number of benzene rings is 3. The molecule has 4 aromatic rings. The van der Waals surface area contributed by atoms with E-state index in [9.17, 15) is 0 Å². The maximum Gasteiger partial charge on any atom is 0.161 e. The Morgan fingerprint density at radius 1 is 0.846 bits per heavy atom. The molecule has 0 bridgehead atoms. The summed E-state index contributed by atoms with van der Waals surface area (Å²) in [4.78, 5) is 0. The van der Waals surface area contributed by atoms with E-state index in [1.54, 1.807) is 0 Å². The van der Waals surface area contributed by atoms with Crippen LogP contribution >= 0.6 is 0 Å². The van der Waals surface area contributed by atoms with Gasteiger partial charge in [0.2, 0.25) is 0 Å². The summed E-state index contributed by atoms with van der Waals surface area (Å²) in [5, 5.41) is 2.44. The molecule has 0 unspecified atom stereocenters. The molecule has 1 nitrogen and oxygen atoms in total. The molecule has 0 saturated carbocycles. The molecule has 1 heterocycles. The number of hydrogen-bond donors (Lipinski definition) is 0. The van der Waals surface area contributed by atoms with E-state index in [1.165, 1.54) is 16.3 Å². The summed E-state index contributed by atoms with van der Waals surface area (Å²) < 4.78 is 2.13. The van der Waals surface area contributed by atoms with Crippen LogP contribution in [0.25, 0.3) is 33.2 Å². The van der Waals surface area contributed by atoms with Crippen LogP contribution in [-0.4, -0.2) is 8.41 Å². The van der Waals surface area contributed by atoms with Crippen molar-refractivity contribution in [2.45, 2.75) is 6.92 Å². The van der Waals surface area contributed by atoms with Gasteiger partial charge in [-0.1, -0.05) is 42.8 Å². The molecular formula is C23H18BNY-. The fourth-order valence-electron chi connectivity index (χ4n) is 3.05. The van der Waals surface area contributed by atoms with E-state index in [0.29, 0.717) is 0 Å². The Labute approximate surface area is 182 Å². The number of aryl methyl sites for hydroxylation is 2. The van der Waals surface area contributed by atoms with Crippen LogP contribution in [-0.2, 0) is 39.8 Å². The van der Waals surface area contributed by atoms with Crippen LogP contribution in [0.4, 0.5) is 0 Å². The van der Waals surface area contributed by atoms with Gasteiger partial charge in [-0.15, -0.1) is 28.5 Å². The monoisotopic (exact) mass is 408 g/mol. The molecule has 1 aromatic heterocycles. The van der Waals surface area contributed by atoms with E-state index in [4.69, 9.17) is 0 Å². The third kappa shape index (κ3) is 3.97. The number of rotatable bonds is 2. The van der Waals surface area contributed by atoms with Crippen LogP contribution in [0.2, 0.25) is 0 Å². The van der Waals surface area contributed by atoms with E-state index >= 15 is 0 Å². The predicted octanol–water partition coefficient (Wildman–Crippen LogP) is 4.52. The zero-order chi connectivity index (χ0) is 16.5. The zero-order valence-electron chi connectivity index (χ0n) is 15.0. The Bertz CT molecular complexity index is 1040. The molecule has 122 valence electrons. The minimum atomic E-state index is 0. The quantitative estimate of drug-likeness (QED) is 0.261. The van der Waals surface area contributed by atoms with E-state index in [1.807, 2.05) is 6.07 Å². The summed E-state index contributed by atoms with van der Waals surface area (Å²) in [5.41, 5.74) is 5.68. The molecule has 0 saturated heterocycles. The average molecular weight is 408 g/mol. The normalized spacial score (nSPS) is 10.1. The van der Waals surface area contributed by atoms with Gasteiger partial charge in [-0.05, 0) is 6.07 Å². The molecule has 0 aliphatic rings. The van der Waals surface area contributed by atoms with Gasteiger partial charge < -0.3 is 0 Å². The molecule has 4 rings (SSSR count).